The van der Waals surface area contributed by atoms with E-state index >= 15 is 0 Å². The van der Waals surface area contributed by atoms with Crippen LogP contribution in [0.3, 0.4) is 0 Å². The third-order valence-corrected chi connectivity index (χ3v) is 7.23. The second-order valence-corrected chi connectivity index (χ2v) is 9.81. The van der Waals surface area contributed by atoms with Crippen LogP contribution in [0.2, 0.25) is 0 Å². The lowest BCUT2D eigenvalue weighted by molar-refractivity contribution is -0.113. The summed E-state index contributed by atoms with van der Waals surface area (Å²) in [6.07, 6.45) is 0. The van der Waals surface area contributed by atoms with Crippen molar-refractivity contribution in [3.8, 4) is 22.5 Å². The van der Waals surface area contributed by atoms with Crippen LogP contribution >= 0.6 is 23.1 Å². The van der Waals surface area contributed by atoms with E-state index in [1.807, 2.05) is 11.6 Å². The van der Waals surface area contributed by atoms with Crippen molar-refractivity contribution in [3.63, 3.8) is 0 Å². The van der Waals surface area contributed by atoms with Gasteiger partial charge in [-0.2, -0.15) is 0 Å². The lowest BCUT2D eigenvalue weighted by Gasteiger charge is -2.08. The number of aromatic nitrogens is 3. The Morgan fingerprint density at radius 1 is 1.03 bits per heavy atom. The summed E-state index contributed by atoms with van der Waals surface area (Å²) in [6.45, 7) is 5.71. The zero-order valence-electron chi connectivity index (χ0n) is 18.9. The van der Waals surface area contributed by atoms with Crippen LogP contribution in [0.15, 0.2) is 59.1 Å². The van der Waals surface area contributed by atoms with Gasteiger partial charge in [0.2, 0.25) is 5.91 Å². The lowest BCUT2D eigenvalue weighted by Crippen LogP contribution is -2.14. The number of rotatable bonds is 7. The zero-order valence-corrected chi connectivity index (χ0v) is 20.5. The molecule has 8 heteroatoms. The molecule has 4 aromatic rings. The van der Waals surface area contributed by atoms with Gasteiger partial charge in [0, 0.05) is 39.7 Å². The molecule has 2 aromatic carbocycles. The van der Waals surface area contributed by atoms with Crippen molar-refractivity contribution in [2.75, 3.05) is 11.1 Å². The van der Waals surface area contributed by atoms with E-state index in [1.54, 1.807) is 35.6 Å². The van der Waals surface area contributed by atoms with Gasteiger partial charge in [-0.1, -0.05) is 41.6 Å². The van der Waals surface area contributed by atoms with Crippen molar-refractivity contribution in [2.45, 2.75) is 25.9 Å². The number of hydrogen-bond donors (Lipinski definition) is 1. The molecule has 0 aliphatic rings. The minimum atomic E-state index is -0.146. The highest BCUT2D eigenvalue weighted by Gasteiger charge is 2.19. The molecule has 0 fully saturated rings. The van der Waals surface area contributed by atoms with Gasteiger partial charge in [-0.15, -0.1) is 21.5 Å². The Bertz CT molecular complexity index is 1310. The molecule has 0 radical (unpaired) electrons. The first kappa shape index (κ1) is 22.9. The van der Waals surface area contributed by atoms with Crippen molar-refractivity contribution in [2.24, 2.45) is 7.05 Å². The quantitative estimate of drug-likeness (QED) is 0.271. The monoisotopic (exact) mass is 476 g/mol. The van der Waals surface area contributed by atoms with Crippen LogP contribution < -0.4 is 5.32 Å². The molecule has 0 spiro atoms. The van der Waals surface area contributed by atoms with E-state index in [0.29, 0.717) is 16.4 Å². The number of benzene rings is 2. The van der Waals surface area contributed by atoms with Gasteiger partial charge in [-0.05, 0) is 50.6 Å². The predicted octanol–water partition coefficient (Wildman–Crippen LogP) is 5.76. The summed E-state index contributed by atoms with van der Waals surface area (Å²) in [7, 11) is 1.92. The standard InChI is InChI=1S/C25H24N4O2S2/c1-15-5-7-19(8-6-15)23-17(3)32-13-21(23)24-27-28-25(29(24)4)33-14-22(31)26-20-11-9-18(10-12-20)16(2)30/h5-13H,14H2,1-4H3,(H,26,31). The smallest absolute Gasteiger partial charge is 0.234 e. The fourth-order valence-electron chi connectivity index (χ4n) is 3.49. The number of ketones is 1. The first-order chi connectivity index (χ1) is 15.8. The Balaban J connectivity index is 1.47. The Morgan fingerprint density at radius 2 is 1.73 bits per heavy atom. The van der Waals surface area contributed by atoms with E-state index in [0.717, 1.165) is 17.0 Å². The van der Waals surface area contributed by atoms with E-state index in [2.05, 4.69) is 59.0 Å². The van der Waals surface area contributed by atoms with Crippen molar-refractivity contribution < 1.29 is 9.59 Å². The van der Waals surface area contributed by atoms with Crippen LogP contribution in [0.25, 0.3) is 22.5 Å². The Morgan fingerprint density at radius 3 is 2.39 bits per heavy atom. The maximum Gasteiger partial charge on any atom is 0.234 e. The fourth-order valence-corrected chi connectivity index (χ4v) is 5.06. The molecular weight excluding hydrogens is 452 g/mol. The largest absolute Gasteiger partial charge is 0.325 e. The highest BCUT2D eigenvalue weighted by atomic mass is 32.2. The summed E-state index contributed by atoms with van der Waals surface area (Å²) >= 11 is 3.03. The first-order valence-electron chi connectivity index (χ1n) is 10.4. The van der Waals surface area contributed by atoms with Gasteiger partial charge in [0.05, 0.1) is 5.75 Å². The predicted molar refractivity (Wildman–Crippen MR) is 135 cm³/mol. The average Bonchev–Trinajstić information content (AvgIpc) is 3.35. The molecule has 0 aliphatic heterocycles. The van der Waals surface area contributed by atoms with Crippen LogP contribution in [0.5, 0.6) is 0 Å². The molecule has 0 atom stereocenters. The molecule has 4 rings (SSSR count). The fraction of sp³-hybridized carbons (Fsp3) is 0.200. The molecule has 2 aromatic heterocycles. The van der Waals surface area contributed by atoms with Gasteiger partial charge in [0.1, 0.15) is 0 Å². The van der Waals surface area contributed by atoms with Crippen molar-refractivity contribution in [1.29, 1.82) is 0 Å². The molecule has 0 aliphatic carbocycles. The van der Waals surface area contributed by atoms with E-state index < -0.39 is 0 Å². The van der Waals surface area contributed by atoms with Gasteiger partial charge >= 0.3 is 0 Å². The summed E-state index contributed by atoms with van der Waals surface area (Å²) in [6, 6.07) is 15.3. The number of nitrogens with one attached hydrogen (secondary N) is 1. The summed E-state index contributed by atoms with van der Waals surface area (Å²) in [5.74, 6) is 0.825. The highest BCUT2D eigenvalue weighted by molar-refractivity contribution is 7.99. The van der Waals surface area contributed by atoms with Gasteiger partial charge in [-0.25, -0.2) is 0 Å². The maximum absolute atomic E-state index is 12.4. The van der Waals surface area contributed by atoms with E-state index in [1.165, 1.54) is 34.7 Å². The SMILES string of the molecule is CC(=O)c1ccc(NC(=O)CSc2nnc(-c3csc(C)c3-c3ccc(C)cc3)n2C)cc1. The number of anilines is 1. The van der Waals surface area contributed by atoms with Gasteiger partial charge in [0.15, 0.2) is 16.8 Å². The Hall–Kier alpha value is -3.23. The summed E-state index contributed by atoms with van der Waals surface area (Å²) < 4.78 is 1.93. The molecule has 168 valence electrons. The van der Waals surface area contributed by atoms with Crippen LogP contribution in [-0.4, -0.2) is 32.2 Å². The third-order valence-electron chi connectivity index (χ3n) is 5.30. The Labute approximate surface area is 201 Å². The van der Waals surface area contributed by atoms with Gasteiger partial charge in [0.25, 0.3) is 0 Å². The number of nitrogens with zero attached hydrogens (tertiary/aromatic N) is 3. The average molecular weight is 477 g/mol. The summed E-state index contributed by atoms with van der Waals surface area (Å²) in [4.78, 5) is 25.0. The van der Waals surface area contributed by atoms with Crippen molar-refractivity contribution in [3.05, 3.63) is 69.9 Å². The van der Waals surface area contributed by atoms with E-state index in [4.69, 9.17) is 0 Å². The number of amides is 1. The number of carbonyl (C=O) groups is 2. The van der Waals surface area contributed by atoms with Gasteiger partial charge < -0.3 is 9.88 Å². The first-order valence-corrected chi connectivity index (χ1v) is 12.3. The van der Waals surface area contributed by atoms with Crippen molar-refractivity contribution >= 4 is 40.5 Å². The maximum atomic E-state index is 12.4. The normalized spacial score (nSPS) is 10.9. The molecule has 0 saturated carbocycles. The second-order valence-electron chi connectivity index (χ2n) is 7.78. The van der Waals surface area contributed by atoms with E-state index in [9.17, 15) is 9.59 Å². The highest BCUT2D eigenvalue weighted by Crippen LogP contribution is 2.38. The van der Waals surface area contributed by atoms with Crippen LogP contribution in [0.4, 0.5) is 5.69 Å². The summed E-state index contributed by atoms with van der Waals surface area (Å²) in [5, 5.41) is 14.4. The Kier molecular flexibility index (Phi) is 6.76. The number of thioether (sulfide) groups is 1. The molecule has 33 heavy (non-hydrogen) atoms. The molecule has 2 heterocycles. The van der Waals surface area contributed by atoms with E-state index in [-0.39, 0.29) is 17.4 Å². The van der Waals surface area contributed by atoms with Crippen molar-refractivity contribution in [1.82, 2.24) is 14.8 Å². The molecule has 1 amide bonds. The molecule has 0 bridgehead atoms. The second kappa shape index (κ2) is 9.72. The lowest BCUT2D eigenvalue weighted by atomic mass is 10.0. The number of aryl methyl sites for hydroxylation is 2. The number of Topliss-reactive ketones (excluding diaryl/α,β-unsaturated/α-hetero) is 1. The minimum Gasteiger partial charge on any atom is -0.325 e. The third kappa shape index (κ3) is 5.07. The van der Waals surface area contributed by atoms with Gasteiger partial charge in [-0.3, -0.25) is 9.59 Å². The number of hydrogen-bond acceptors (Lipinski definition) is 6. The van der Waals surface area contributed by atoms with Crippen LogP contribution in [0.1, 0.15) is 27.7 Å². The minimum absolute atomic E-state index is 0.00660. The number of carbonyl (C=O) groups excluding carboxylic acids is 2. The molecular formula is C25H24N4O2S2. The molecule has 6 nitrogen and oxygen atoms in total. The molecule has 0 unspecified atom stereocenters. The topological polar surface area (TPSA) is 76.9 Å². The number of thiophene rings is 1. The molecule has 1 N–H and O–H groups in total. The van der Waals surface area contributed by atoms with Crippen LogP contribution in [0, 0.1) is 13.8 Å². The zero-order chi connectivity index (χ0) is 23.5. The molecule has 0 saturated heterocycles. The van der Waals surface area contributed by atoms with Crippen LogP contribution in [-0.2, 0) is 11.8 Å². The summed E-state index contributed by atoms with van der Waals surface area (Å²) in [5.41, 5.74) is 5.85.